The lowest BCUT2D eigenvalue weighted by Crippen LogP contribution is -2.50. The van der Waals surface area contributed by atoms with Gasteiger partial charge in [0.2, 0.25) is 11.8 Å². The Kier molecular flexibility index (Phi) is 11.3. The third kappa shape index (κ3) is 8.35. The summed E-state index contributed by atoms with van der Waals surface area (Å²) in [6.07, 6.45) is 2.33. The van der Waals surface area contributed by atoms with Crippen molar-refractivity contribution in [2.24, 2.45) is 0 Å². The maximum Gasteiger partial charge on any atom is 0.243 e. The van der Waals surface area contributed by atoms with Gasteiger partial charge in [-0.2, -0.15) is 0 Å². The van der Waals surface area contributed by atoms with Gasteiger partial charge < -0.3 is 19.7 Å². The molecule has 0 radical (unpaired) electrons. The number of amides is 2. The van der Waals surface area contributed by atoms with Crippen molar-refractivity contribution in [2.75, 3.05) is 26.9 Å². The fraction of sp³-hybridized carbons (Fsp3) is 0.462. The van der Waals surface area contributed by atoms with Crippen molar-refractivity contribution < 1.29 is 19.1 Å². The lowest BCUT2D eigenvalue weighted by Gasteiger charge is -2.31. The van der Waals surface area contributed by atoms with Crippen LogP contribution in [-0.2, 0) is 27.3 Å². The van der Waals surface area contributed by atoms with Gasteiger partial charge in [0.05, 0.1) is 7.11 Å². The summed E-state index contributed by atoms with van der Waals surface area (Å²) >= 11 is 0. The summed E-state index contributed by atoms with van der Waals surface area (Å²) in [5.74, 6) is 0.602. The second-order valence-corrected chi connectivity index (χ2v) is 7.67. The zero-order valence-electron chi connectivity index (χ0n) is 19.5. The number of rotatable bonds is 14. The van der Waals surface area contributed by atoms with Crippen LogP contribution >= 0.6 is 0 Å². The highest BCUT2D eigenvalue weighted by atomic mass is 16.5. The van der Waals surface area contributed by atoms with Crippen molar-refractivity contribution in [3.8, 4) is 5.75 Å². The Morgan fingerprint density at radius 1 is 1.00 bits per heavy atom. The van der Waals surface area contributed by atoms with E-state index in [9.17, 15) is 9.59 Å². The predicted molar refractivity (Wildman–Crippen MR) is 127 cm³/mol. The standard InChI is InChI=1S/C26H36N2O4/c1-4-10-25(29)28(20-22-13-15-23(31-3)16-14-22)24(19-21-11-7-6-8-12-21)26(30)27-17-9-18-32-5-2/h6-8,11-16,24H,4-5,9-10,17-20H2,1-3H3,(H,27,30)/t24-/m1/s1. The molecule has 0 bridgehead atoms. The molecule has 0 aromatic heterocycles. The van der Waals surface area contributed by atoms with Gasteiger partial charge in [-0.1, -0.05) is 49.4 Å². The Labute approximate surface area is 191 Å². The minimum atomic E-state index is -0.592. The molecule has 0 aliphatic rings. The van der Waals surface area contributed by atoms with Gasteiger partial charge in [-0.3, -0.25) is 9.59 Å². The third-order valence-corrected chi connectivity index (χ3v) is 5.22. The SMILES string of the molecule is CCCC(=O)N(Cc1ccc(OC)cc1)[C@H](Cc1ccccc1)C(=O)NCCCOCC. The Balaban J connectivity index is 2.24. The number of methoxy groups -OCH3 is 1. The van der Waals surface area contributed by atoms with Gasteiger partial charge in [0.25, 0.3) is 0 Å². The number of hydrogen-bond donors (Lipinski definition) is 1. The van der Waals surface area contributed by atoms with Gasteiger partial charge in [0, 0.05) is 39.1 Å². The number of nitrogens with one attached hydrogen (secondary N) is 1. The van der Waals surface area contributed by atoms with E-state index in [4.69, 9.17) is 9.47 Å². The first-order chi connectivity index (χ1) is 15.6. The number of carbonyl (C=O) groups is 2. The van der Waals surface area contributed by atoms with Crippen LogP contribution in [0.5, 0.6) is 5.75 Å². The highest BCUT2D eigenvalue weighted by molar-refractivity contribution is 5.88. The lowest BCUT2D eigenvalue weighted by atomic mass is 10.0. The molecule has 0 saturated heterocycles. The van der Waals surface area contributed by atoms with Crippen molar-refractivity contribution in [2.45, 2.75) is 52.1 Å². The fourth-order valence-electron chi connectivity index (χ4n) is 3.49. The predicted octanol–water partition coefficient (Wildman–Crippen LogP) is 3.98. The van der Waals surface area contributed by atoms with Gasteiger partial charge in [0.1, 0.15) is 11.8 Å². The van der Waals surface area contributed by atoms with E-state index in [1.165, 1.54) is 0 Å². The molecule has 1 atom stereocenters. The summed E-state index contributed by atoms with van der Waals surface area (Å²) in [6, 6.07) is 16.9. The first-order valence-corrected chi connectivity index (χ1v) is 11.4. The Hall–Kier alpha value is -2.86. The molecule has 0 fully saturated rings. The molecule has 0 saturated carbocycles. The lowest BCUT2D eigenvalue weighted by molar-refractivity contribution is -0.141. The van der Waals surface area contributed by atoms with E-state index >= 15 is 0 Å². The van der Waals surface area contributed by atoms with Crippen molar-refractivity contribution in [1.29, 1.82) is 0 Å². The van der Waals surface area contributed by atoms with Gasteiger partial charge in [-0.15, -0.1) is 0 Å². The summed E-state index contributed by atoms with van der Waals surface area (Å²) in [7, 11) is 1.62. The molecule has 0 aliphatic carbocycles. The summed E-state index contributed by atoms with van der Waals surface area (Å²) in [5, 5.41) is 3.01. The Morgan fingerprint density at radius 3 is 2.34 bits per heavy atom. The van der Waals surface area contributed by atoms with E-state index in [1.807, 2.05) is 68.4 Å². The molecule has 6 nitrogen and oxygen atoms in total. The van der Waals surface area contributed by atoms with Crippen LogP contribution in [0.1, 0.15) is 44.2 Å². The molecule has 2 amide bonds. The van der Waals surface area contributed by atoms with Crippen LogP contribution in [0.25, 0.3) is 0 Å². The maximum absolute atomic E-state index is 13.3. The number of hydrogen-bond acceptors (Lipinski definition) is 4. The minimum absolute atomic E-state index is 0.0197. The van der Waals surface area contributed by atoms with Crippen LogP contribution in [-0.4, -0.2) is 49.6 Å². The molecule has 2 aromatic rings. The first-order valence-electron chi connectivity index (χ1n) is 11.4. The quantitative estimate of drug-likeness (QED) is 0.451. The van der Waals surface area contributed by atoms with Crippen LogP contribution in [0.4, 0.5) is 0 Å². The summed E-state index contributed by atoms with van der Waals surface area (Å²) in [6.45, 7) is 6.07. The van der Waals surface area contributed by atoms with Gasteiger partial charge in [0.15, 0.2) is 0 Å². The second-order valence-electron chi connectivity index (χ2n) is 7.67. The highest BCUT2D eigenvalue weighted by Gasteiger charge is 2.29. The summed E-state index contributed by atoms with van der Waals surface area (Å²) in [4.78, 5) is 28.1. The molecule has 174 valence electrons. The van der Waals surface area contributed by atoms with E-state index in [-0.39, 0.29) is 11.8 Å². The van der Waals surface area contributed by atoms with Crippen molar-refractivity contribution in [1.82, 2.24) is 10.2 Å². The minimum Gasteiger partial charge on any atom is -0.497 e. The van der Waals surface area contributed by atoms with Crippen LogP contribution < -0.4 is 10.1 Å². The monoisotopic (exact) mass is 440 g/mol. The average molecular weight is 441 g/mol. The van der Waals surface area contributed by atoms with Crippen LogP contribution in [0.3, 0.4) is 0 Å². The molecule has 2 aromatic carbocycles. The summed E-state index contributed by atoms with van der Waals surface area (Å²) < 4.78 is 10.6. The Bertz CT molecular complexity index is 808. The number of carbonyl (C=O) groups excluding carboxylic acids is 2. The van der Waals surface area contributed by atoms with Crippen molar-refractivity contribution >= 4 is 11.8 Å². The zero-order chi connectivity index (χ0) is 23.2. The van der Waals surface area contributed by atoms with E-state index < -0.39 is 6.04 Å². The highest BCUT2D eigenvalue weighted by Crippen LogP contribution is 2.18. The van der Waals surface area contributed by atoms with E-state index in [1.54, 1.807) is 12.0 Å². The molecule has 0 heterocycles. The zero-order valence-corrected chi connectivity index (χ0v) is 19.5. The van der Waals surface area contributed by atoms with E-state index in [0.29, 0.717) is 39.1 Å². The molecule has 6 heteroatoms. The van der Waals surface area contributed by atoms with E-state index in [2.05, 4.69) is 5.32 Å². The molecule has 0 unspecified atom stereocenters. The average Bonchev–Trinajstić information content (AvgIpc) is 2.82. The van der Waals surface area contributed by atoms with Crippen LogP contribution in [0.15, 0.2) is 54.6 Å². The van der Waals surface area contributed by atoms with Crippen molar-refractivity contribution in [3.63, 3.8) is 0 Å². The molecular weight excluding hydrogens is 404 g/mol. The molecular formula is C26H36N2O4. The second kappa shape index (κ2) is 14.2. The van der Waals surface area contributed by atoms with Gasteiger partial charge >= 0.3 is 0 Å². The normalized spacial score (nSPS) is 11.6. The van der Waals surface area contributed by atoms with E-state index in [0.717, 1.165) is 29.7 Å². The molecule has 1 N–H and O–H groups in total. The molecule has 32 heavy (non-hydrogen) atoms. The van der Waals surface area contributed by atoms with Crippen molar-refractivity contribution in [3.05, 3.63) is 65.7 Å². The molecule has 0 aliphatic heterocycles. The van der Waals surface area contributed by atoms with Crippen LogP contribution in [0, 0.1) is 0 Å². The Morgan fingerprint density at radius 2 is 1.72 bits per heavy atom. The fourth-order valence-corrected chi connectivity index (χ4v) is 3.49. The molecule has 2 rings (SSSR count). The number of benzene rings is 2. The topological polar surface area (TPSA) is 67.9 Å². The van der Waals surface area contributed by atoms with Gasteiger partial charge in [-0.05, 0) is 43.0 Å². The van der Waals surface area contributed by atoms with Gasteiger partial charge in [-0.25, -0.2) is 0 Å². The smallest absolute Gasteiger partial charge is 0.243 e. The first kappa shape index (κ1) is 25.4. The number of ether oxygens (including phenoxy) is 2. The third-order valence-electron chi connectivity index (χ3n) is 5.22. The largest absolute Gasteiger partial charge is 0.497 e. The van der Waals surface area contributed by atoms with Crippen LogP contribution in [0.2, 0.25) is 0 Å². The molecule has 0 spiro atoms. The number of nitrogens with zero attached hydrogens (tertiary/aromatic N) is 1. The summed E-state index contributed by atoms with van der Waals surface area (Å²) in [5.41, 5.74) is 1.98. The maximum atomic E-state index is 13.3.